The minimum atomic E-state index is 0.0260. The monoisotopic (exact) mass is 410 g/mol. The Labute approximate surface area is 177 Å². The van der Waals surface area contributed by atoms with Crippen molar-refractivity contribution >= 4 is 23.5 Å². The van der Waals surface area contributed by atoms with Gasteiger partial charge in [0.15, 0.2) is 5.16 Å². The average molecular weight is 411 g/mol. The fraction of sp³-hybridized carbons (Fsp3) is 0.522. The van der Waals surface area contributed by atoms with Gasteiger partial charge in [0.1, 0.15) is 5.82 Å². The number of hydrogen-bond acceptors (Lipinski definition) is 5. The number of thioether (sulfide) groups is 1. The summed E-state index contributed by atoms with van der Waals surface area (Å²) in [6.45, 7) is 7.31. The molecule has 1 aromatic carbocycles. The molecule has 1 aliphatic carbocycles. The van der Waals surface area contributed by atoms with E-state index in [4.69, 9.17) is 9.97 Å². The highest BCUT2D eigenvalue weighted by atomic mass is 32.2. The first-order chi connectivity index (χ1) is 14.1. The van der Waals surface area contributed by atoms with Gasteiger partial charge < -0.3 is 10.2 Å². The van der Waals surface area contributed by atoms with Crippen molar-refractivity contribution in [1.82, 2.24) is 15.3 Å². The molecule has 1 aromatic heterocycles. The molecule has 1 amide bonds. The Kier molecular flexibility index (Phi) is 6.38. The van der Waals surface area contributed by atoms with Crippen molar-refractivity contribution in [1.29, 1.82) is 0 Å². The molecule has 5 nitrogen and oxygen atoms in total. The number of nitrogens with one attached hydrogen (secondary N) is 1. The first-order valence-electron chi connectivity index (χ1n) is 10.7. The second-order valence-electron chi connectivity index (χ2n) is 8.42. The molecule has 2 aromatic rings. The Morgan fingerprint density at radius 1 is 1.21 bits per heavy atom. The first kappa shape index (κ1) is 20.2. The Morgan fingerprint density at radius 3 is 2.72 bits per heavy atom. The lowest BCUT2D eigenvalue weighted by Gasteiger charge is -2.18. The molecule has 1 saturated carbocycles. The van der Waals surface area contributed by atoms with E-state index in [9.17, 15) is 4.79 Å². The summed E-state index contributed by atoms with van der Waals surface area (Å²) < 4.78 is 0. The number of rotatable bonds is 8. The van der Waals surface area contributed by atoms with Crippen LogP contribution in [-0.2, 0) is 5.75 Å². The topological polar surface area (TPSA) is 58.1 Å². The number of carbonyl (C=O) groups excluding carboxylic acids is 1. The zero-order valence-electron chi connectivity index (χ0n) is 17.4. The molecule has 2 heterocycles. The van der Waals surface area contributed by atoms with Crippen molar-refractivity contribution < 1.29 is 4.79 Å². The molecule has 0 radical (unpaired) electrons. The lowest BCUT2D eigenvalue weighted by molar-refractivity contribution is 0.0951. The molecule has 0 atom stereocenters. The maximum absolute atomic E-state index is 12.4. The van der Waals surface area contributed by atoms with Gasteiger partial charge in [0.2, 0.25) is 0 Å². The van der Waals surface area contributed by atoms with Crippen LogP contribution in [0.1, 0.15) is 67.1 Å². The number of aromatic nitrogens is 2. The lowest BCUT2D eigenvalue weighted by atomic mass is 10.1. The van der Waals surface area contributed by atoms with Gasteiger partial charge in [0.25, 0.3) is 5.91 Å². The van der Waals surface area contributed by atoms with Gasteiger partial charge in [0.05, 0.1) is 0 Å². The van der Waals surface area contributed by atoms with Crippen LogP contribution in [0.15, 0.2) is 35.5 Å². The Balaban J connectivity index is 1.43. The maximum Gasteiger partial charge on any atom is 0.251 e. The van der Waals surface area contributed by atoms with E-state index in [-0.39, 0.29) is 5.91 Å². The SMILES string of the molecule is CC(C)c1cc(N2CCCC2)nc(SCc2cccc(C(=O)NCC3CC3)c2)n1. The van der Waals surface area contributed by atoms with E-state index < -0.39 is 0 Å². The molecule has 0 bridgehead atoms. The van der Waals surface area contributed by atoms with Crippen molar-refractivity contribution in [3.8, 4) is 0 Å². The van der Waals surface area contributed by atoms with Crippen LogP contribution in [0, 0.1) is 5.92 Å². The molecule has 2 aliphatic rings. The number of carbonyl (C=O) groups is 1. The highest BCUT2D eigenvalue weighted by Crippen LogP contribution is 2.28. The first-order valence-corrected chi connectivity index (χ1v) is 11.7. The summed E-state index contributed by atoms with van der Waals surface area (Å²) in [6.07, 6.45) is 4.95. The van der Waals surface area contributed by atoms with Crippen LogP contribution in [-0.4, -0.2) is 35.5 Å². The maximum atomic E-state index is 12.4. The number of benzene rings is 1. The molecule has 29 heavy (non-hydrogen) atoms. The van der Waals surface area contributed by atoms with Crippen molar-refractivity contribution in [3.05, 3.63) is 47.2 Å². The van der Waals surface area contributed by atoms with Crippen molar-refractivity contribution in [3.63, 3.8) is 0 Å². The minimum absolute atomic E-state index is 0.0260. The van der Waals surface area contributed by atoms with E-state index in [1.165, 1.54) is 25.7 Å². The summed E-state index contributed by atoms with van der Waals surface area (Å²) in [4.78, 5) is 24.3. The van der Waals surface area contributed by atoms with Crippen LogP contribution in [0.25, 0.3) is 0 Å². The molecular formula is C23H30N4OS. The van der Waals surface area contributed by atoms with Crippen molar-refractivity contribution in [2.24, 2.45) is 5.92 Å². The van der Waals surface area contributed by atoms with Gasteiger partial charge in [-0.3, -0.25) is 4.79 Å². The summed E-state index contributed by atoms with van der Waals surface area (Å²) in [6, 6.07) is 10.0. The lowest BCUT2D eigenvalue weighted by Crippen LogP contribution is -2.25. The van der Waals surface area contributed by atoms with Crippen LogP contribution >= 0.6 is 11.8 Å². The number of hydrogen-bond donors (Lipinski definition) is 1. The number of amides is 1. The third-order valence-electron chi connectivity index (χ3n) is 5.54. The molecule has 2 fully saturated rings. The van der Waals surface area contributed by atoms with Crippen LogP contribution in [0.5, 0.6) is 0 Å². The summed E-state index contributed by atoms with van der Waals surface area (Å²) in [5.74, 6) is 2.89. The Bertz CT molecular complexity index is 860. The van der Waals surface area contributed by atoms with E-state index in [0.717, 1.165) is 53.2 Å². The van der Waals surface area contributed by atoms with E-state index in [1.54, 1.807) is 11.8 Å². The molecule has 1 saturated heterocycles. The molecule has 0 unspecified atom stereocenters. The second kappa shape index (κ2) is 9.16. The molecular weight excluding hydrogens is 380 g/mol. The van der Waals surface area contributed by atoms with Gasteiger partial charge in [-0.1, -0.05) is 37.7 Å². The van der Waals surface area contributed by atoms with Crippen LogP contribution in [0.4, 0.5) is 5.82 Å². The normalized spacial score (nSPS) is 16.4. The highest BCUT2D eigenvalue weighted by molar-refractivity contribution is 7.98. The summed E-state index contributed by atoms with van der Waals surface area (Å²) in [5.41, 5.74) is 2.95. The number of nitrogens with zero attached hydrogens (tertiary/aromatic N) is 3. The van der Waals surface area contributed by atoms with E-state index in [2.05, 4.69) is 36.2 Å². The third kappa shape index (κ3) is 5.50. The second-order valence-corrected chi connectivity index (χ2v) is 9.37. The van der Waals surface area contributed by atoms with Crippen LogP contribution < -0.4 is 10.2 Å². The van der Waals surface area contributed by atoms with Gasteiger partial charge >= 0.3 is 0 Å². The average Bonchev–Trinajstić information content (AvgIpc) is 3.40. The number of anilines is 1. The Morgan fingerprint density at radius 2 is 2.00 bits per heavy atom. The van der Waals surface area contributed by atoms with E-state index in [0.29, 0.717) is 11.8 Å². The van der Waals surface area contributed by atoms with E-state index in [1.807, 2.05) is 18.2 Å². The summed E-state index contributed by atoms with van der Waals surface area (Å²) in [7, 11) is 0. The van der Waals surface area contributed by atoms with Crippen molar-refractivity contribution in [2.45, 2.75) is 56.4 Å². The Hall–Kier alpha value is -2.08. The van der Waals surface area contributed by atoms with Crippen molar-refractivity contribution in [2.75, 3.05) is 24.5 Å². The summed E-state index contributed by atoms with van der Waals surface area (Å²) in [5, 5.41) is 3.87. The molecule has 6 heteroatoms. The van der Waals surface area contributed by atoms with Gasteiger partial charge in [-0.2, -0.15) is 0 Å². The third-order valence-corrected chi connectivity index (χ3v) is 6.46. The predicted molar refractivity (Wildman–Crippen MR) is 119 cm³/mol. The predicted octanol–water partition coefficient (Wildman–Crippen LogP) is 4.63. The smallest absolute Gasteiger partial charge is 0.251 e. The van der Waals surface area contributed by atoms with Gasteiger partial charge in [0, 0.05) is 42.7 Å². The molecule has 0 spiro atoms. The largest absolute Gasteiger partial charge is 0.356 e. The minimum Gasteiger partial charge on any atom is -0.356 e. The van der Waals surface area contributed by atoms with E-state index >= 15 is 0 Å². The molecule has 154 valence electrons. The summed E-state index contributed by atoms with van der Waals surface area (Å²) >= 11 is 1.65. The fourth-order valence-corrected chi connectivity index (χ4v) is 4.31. The van der Waals surface area contributed by atoms with Gasteiger partial charge in [-0.05, 0) is 55.2 Å². The molecule has 4 rings (SSSR count). The van der Waals surface area contributed by atoms with Gasteiger partial charge in [-0.15, -0.1) is 0 Å². The zero-order valence-corrected chi connectivity index (χ0v) is 18.2. The zero-order chi connectivity index (χ0) is 20.2. The highest BCUT2D eigenvalue weighted by Gasteiger charge is 2.22. The quantitative estimate of drug-likeness (QED) is 0.508. The van der Waals surface area contributed by atoms with Crippen LogP contribution in [0.2, 0.25) is 0 Å². The van der Waals surface area contributed by atoms with Gasteiger partial charge in [-0.25, -0.2) is 9.97 Å². The molecule has 1 aliphatic heterocycles. The standard InChI is InChI=1S/C23H30N4OS/c1-16(2)20-13-21(27-10-3-4-11-27)26-23(25-20)29-15-18-6-5-7-19(12-18)22(28)24-14-17-8-9-17/h5-7,12-13,16-17H,3-4,8-11,14-15H2,1-2H3,(H,24,28). The van der Waals surface area contributed by atoms with Crippen LogP contribution in [0.3, 0.4) is 0 Å². The fourth-order valence-electron chi connectivity index (χ4n) is 3.51. The molecule has 1 N–H and O–H groups in total.